The highest BCUT2D eigenvalue weighted by atomic mass is 16.3. The third kappa shape index (κ3) is 4.11. The Bertz CT molecular complexity index is 1320. The molecule has 0 unspecified atom stereocenters. The Balaban J connectivity index is 1.66. The van der Waals surface area contributed by atoms with Gasteiger partial charge in [-0.2, -0.15) is 0 Å². The van der Waals surface area contributed by atoms with Crippen molar-refractivity contribution in [3.63, 3.8) is 0 Å². The second kappa shape index (κ2) is 8.74. The summed E-state index contributed by atoms with van der Waals surface area (Å²) in [5.74, 6) is 0.607. The molecule has 3 aromatic carbocycles. The summed E-state index contributed by atoms with van der Waals surface area (Å²) in [7, 11) is 0. The van der Waals surface area contributed by atoms with E-state index >= 15 is 0 Å². The van der Waals surface area contributed by atoms with E-state index in [1.165, 1.54) is 29.0 Å². The second-order valence-electron chi connectivity index (χ2n) is 9.17. The number of hydrogen-bond donors (Lipinski definition) is 2. The van der Waals surface area contributed by atoms with Gasteiger partial charge in [0.05, 0.1) is 0 Å². The number of fused-ring (bicyclic) bond motifs is 1. The van der Waals surface area contributed by atoms with Crippen molar-refractivity contribution in [1.29, 1.82) is 0 Å². The molecule has 0 radical (unpaired) electrons. The van der Waals surface area contributed by atoms with Crippen molar-refractivity contribution in [2.75, 3.05) is 0 Å². The fraction of sp³-hybridized carbons (Fsp3) is 0.233. The van der Waals surface area contributed by atoms with Crippen LogP contribution in [0.15, 0.2) is 72.5 Å². The number of allylic oxidation sites excluding steroid dienone is 3. The number of rotatable bonds is 7. The Morgan fingerprint density at radius 3 is 2.42 bits per heavy atom. The molecule has 2 saturated carbocycles. The summed E-state index contributed by atoms with van der Waals surface area (Å²) < 4.78 is 0. The molecule has 2 aliphatic rings. The maximum absolute atomic E-state index is 11.1. The molecule has 0 amide bonds. The number of hydrogen-bond acceptors (Lipinski definition) is 3. The molecule has 0 bridgehead atoms. The first kappa shape index (κ1) is 21.3. The van der Waals surface area contributed by atoms with E-state index in [1.54, 1.807) is 0 Å². The van der Waals surface area contributed by atoms with Crippen LogP contribution in [0.1, 0.15) is 65.8 Å². The summed E-state index contributed by atoms with van der Waals surface area (Å²) in [6, 6.07) is 18.2. The van der Waals surface area contributed by atoms with Crippen molar-refractivity contribution < 1.29 is 15.0 Å². The molecule has 5 rings (SSSR count). The minimum absolute atomic E-state index is 0.307. The predicted octanol–water partition coefficient (Wildman–Crippen LogP) is 7.52. The lowest BCUT2D eigenvalue weighted by molar-refractivity contribution is -0.106. The quantitative estimate of drug-likeness (QED) is 0.229. The molecule has 0 aliphatic heterocycles. The number of aliphatic hydroxyl groups is 2. The van der Waals surface area contributed by atoms with E-state index in [4.69, 9.17) is 0 Å². The molecule has 2 fully saturated rings. The van der Waals surface area contributed by atoms with Crippen LogP contribution >= 0.6 is 0 Å². The average Bonchev–Trinajstić information content (AvgIpc) is 3.64. The molecule has 2 N–H and O–H groups in total. The molecule has 0 aromatic heterocycles. The first-order chi connectivity index (χ1) is 16.1. The Kier molecular flexibility index (Phi) is 5.63. The standard InChI is InChI=1S/C30H28O3/c1-19(25-11-4-2-7-22(25)16-24(32)18-31)15-27-26-12-5-3-8-23(26)17-28(30(33)21-13-14-21)29(27)20-9-6-10-20/h2-5,7-8,11-12,16-18,20,32-33H,1,6,9-10,13-15H2/b24-16-. The zero-order chi connectivity index (χ0) is 22.9. The van der Waals surface area contributed by atoms with Crippen LogP contribution in [0, 0.1) is 0 Å². The summed E-state index contributed by atoms with van der Waals surface area (Å²) in [5, 5.41) is 23.2. The van der Waals surface area contributed by atoms with Gasteiger partial charge in [0.25, 0.3) is 0 Å². The predicted molar refractivity (Wildman–Crippen MR) is 135 cm³/mol. The zero-order valence-corrected chi connectivity index (χ0v) is 18.7. The van der Waals surface area contributed by atoms with Crippen molar-refractivity contribution in [1.82, 2.24) is 0 Å². The second-order valence-corrected chi connectivity index (χ2v) is 9.17. The van der Waals surface area contributed by atoms with Crippen LogP contribution in [-0.4, -0.2) is 16.5 Å². The Morgan fingerprint density at radius 1 is 1.00 bits per heavy atom. The Morgan fingerprint density at radius 2 is 1.73 bits per heavy atom. The summed E-state index contributed by atoms with van der Waals surface area (Å²) in [5.41, 5.74) is 7.22. The van der Waals surface area contributed by atoms with Crippen molar-refractivity contribution >= 4 is 34.5 Å². The van der Waals surface area contributed by atoms with E-state index in [0.29, 0.717) is 24.4 Å². The molecule has 2 aliphatic carbocycles. The van der Waals surface area contributed by atoms with Crippen molar-refractivity contribution in [3.8, 4) is 0 Å². The zero-order valence-electron chi connectivity index (χ0n) is 18.7. The van der Waals surface area contributed by atoms with Gasteiger partial charge < -0.3 is 10.2 Å². The molecule has 3 heteroatoms. The molecule has 0 saturated heterocycles. The van der Waals surface area contributed by atoms with E-state index in [9.17, 15) is 15.0 Å². The normalized spacial score (nSPS) is 15.9. The molecular weight excluding hydrogens is 408 g/mol. The molecular formula is C30H28O3. The van der Waals surface area contributed by atoms with Crippen LogP contribution in [0.3, 0.4) is 0 Å². The van der Waals surface area contributed by atoms with Crippen LogP contribution in [0.5, 0.6) is 0 Å². The summed E-state index contributed by atoms with van der Waals surface area (Å²) in [6.07, 6.45) is 8.01. The Hall–Kier alpha value is -3.59. The first-order valence-corrected chi connectivity index (χ1v) is 11.7. The van der Waals surface area contributed by atoms with Crippen LogP contribution in [0.2, 0.25) is 0 Å². The molecule has 0 spiro atoms. The molecule has 3 aromatic rings. The highest BCUT2D eigenvalue weighted by Gasteiger charge is 2.30. The van der Waals surface area contributed by atoms with E-state index in [0.717, 1.165) is 58.9 Å². The molecule has 166 valence electrons. The fourth-order valence-corrected chi connectivity index (χ4v) is 4.92. The van der Waals surface area contributed by atoms with Gasteiger partial charge in [0, 0.05) is 5.56 Å². The van der Waals surface area contributed by atoms with Gasteiger partial charge in [-0.3, -0.25) is 4.79 Å². The maximum atomic E-state index is 11.1. The monoisotopic (exact) mass is 436 g/mol. The third-order valence-electron chi connectivity index (χ3n) is 6.96. The minimum Gasteiger partial charge on any atom is -0.507 e. The van der Waals surface area contributed by atoms with Gasteiger partial charge in [-0.15, -0.1) is 0 Å². The fourth-order valence-electron chi connectivity index (χ4n) is 4.92. The van der Waals surface area contributed by atoms with E-state index in [1.807, 2.05) is 30.3 Å². The highest BCUT2D eigenvalue weighted by Crippen LogP contribution is 2.47. The van der Waals surface area contributed by atoms with Gasteiger partial charge in [0.15, 0.2) is 12.0 Å². The number of benzene rings is 3. The van der Waals surface area contributed by atoms with Gasteiger partial charge in [0.1, 0.15) is 5.76 Å². The maximum Gasteiger partial charge on any atom is 0.184 e. The van der Waals surface area contributed by atoms with Gasteiger partial charge in [-0.05, 0) is 94.3 Å². The van der Waals surface area contributed by atoms with Crippen LogP contribution in [-0.2, 0) is 11.2 Å². The van der Waals surface area contributed by atoms with Crippen LogP contribution in [0.25, 0.3) is 28.2 Å². The molecule has 33 heavy (non-hydrogen) atoms. The van der Waals surface area contributed by atoms with E-state index in [-0.39, 0.29) is 5.76 Å². The third-order valence-corrected chi connectivity index (χ3v) is 6.96. The van der Waals surface area contributed by atoms with Gasteiger partial charge in [-0.1, -0.05) is 61.5 Å². The SMILES string of the molecule is C=C(Cc1c(C2CCC2)c(C(O)=C2CC2)cc2ccccc12)c1ccccc1/C=C(\O)C=O. The lowest BCUT2D eigenvalue weighted by Crippen LogP contribution is -2.15. The van der Waals surface area contributed by atoms with Gasteiger partial charge in [-0.25, -0.2) is 0 Å². The Labute approximate surface area is 194 Å². The molecule has 0 atom stereocenters. The van der Waals surface area contributed by atoms with Crippen molar-refractivity contribution in [2.45, 2.75) is 44.4 Å². The lowest BCUT2D eigenvalue weighted by atomic mass is 9.73. The van der Waals surface area contributed by atoms with Crippen LogP contribution in [0.4, 0.5) is 0 Å². The summed E-state index contributed by atoms with van der Waals surface area (Å²) >= 11 is 0. The largest absolute Gasteiger partial charge is 0.507 e. The number of carbonyl (C=O) groups is 1. The van der Waals surface area contributed by atoms with Crippen LogP contribution < -0.4 is 0 Å². The highest BCUT2D eigenvalue weighted by molar-refractivity contribution is 5.93. The number of aldehydes is 1. The molecule has 0 heterocycles. The van der Waals surface area contributed by atoms with Crippen molar-refractivity contribution in [2.24, 2.45) is 0 Å². The van der Waals surface area contributed by atoms with E-state index < -0.39 is 0 Å². The van der Waals surface area contributed by atoms with Crippen molar-refractivity contribution in [3.05, 3.63) is 100 Å². The summed E-state index contributed by atoms with van der Waals surface area (Å²) in [4.78, 5) is 11.0. The van der Waals surface area contributed by atoms with Gasteiger partial charge >= 0.3 is 0 Å². The minimum atomic E-state index is -0.307. The van der Waals surface area contributed by atoms with E-state index in [2.05, 4.69) is 30.8 Å². The number of aliphatic hydroxyl groups excluding tert-OH is 2. The molecule has 3 nitrogen and oxygen atoms in total. The van der Waals surface area contributed by atoms with Gasteiger partial charge in [0.2, 0.25) is 0 Å². The lowest BCUT2D eigenvalue weighted by Gasteiger charge is -2.31. The first-order valence-electron chi connectivity index (χ1n) is 11.7. The number of carbonyl (C=O) groups excluding carboxylic acids is 1. The smallest absolute Gasteiger partial charge is 0.184 e. The average molecular weight is 437 g/mol. The topological polar surface area (TPSA) is 57.5 Å². The summed E-state index contributed by atoms with van der Waals surface area (Å²) in [6.45, 7) is 4.41.